The molecule has 0 atom stereocenters. The normalized spacial score (nSPS) is 10.0. The molecule has 0 unspecified atom stereocenters. The van der Waals surface area contributed by atoms with Gasteiger partial charge in [0.25, 0.3) is 0 Å². The Labute approximate surface area is 98.5 Å². The highest BCUT2D eigenvalue weighted by Crippen LogP contribution is 2.06. The molecule has 0 fully saturated rings. The van der Waals surface area contributed by atoms with Crippen molar-refractivity contribution in [2.45, 2.75) is 13.5 Å². The molecule has 4 N–H and O–H groups in total. The van der Waals surface area contributed by atoms with Crippen LogP contribution in [0.3, 0.4) is 0 Å². The first kappa shape index (κ1) is 11.2. The second-order valence-electron chi connectivity index (χ2n) is 3.44. The minimum absolute atomic E-state index is 0.505. The van der Waals surface area contributed by atoms with Gasteiger partial charge in [-0.05, 0) is 6.92 Å². The Morgan fingerprint density at radius 3 is 2.65 bits per heavy atom. The molecule has 0 spiro atoms. The second-order valence-corrected chi connectivity index (χ2v) is 3.44. The van der Waals surface area contributed by atoms with Crippen molar-refractivity contribution in [2.24, 2.45) is 5.84 Å². The van der Waals surface area contributed by atoms with E-state index in [0.29, 0.717) is 18.2 Å². The van der Waals surface area contributed by atoms with Crippen molar-refractivity contribution in [1.82, 2.24) is 19.9 Å². The molecule has 2 aromatic rings. The third-order valence-corrected chi connectivity index (χ3v) is 2.07. The molecule has 0 radical (unpaired) electrons. The Kier molecular flexibility index (Phi) is 3.41. The van der Waals surface area contributed by atoms with Gasteiger partial charge in [-0.1, -0.05) is 0 Å². The molecule has 0 saturated carbocycles. The maximum atomic E-state index is 5.24. The molecule has 7 heteroatoms. The van der Waals surface area contributed by atoms with Crippen LogP contribution in [0.2, 0.25) is 0 Å². The molecule has 0 bridgehead atoms. The van der Waals surface area contributed by atoms with E-state index in [0.717, 1.165) is 11.4 Å². The first-order valence-corrected chi connectivity index (χ1v) is 5.08. The summed E-state index contributed by atoms with van der Waals surface area (Å²) in [4.78, 5) is 16.5. The van der Waals surface area contributed by atoms with Crippen molar-refractivity contribution < 1.29 is 0 Å². The summed E-state index contributed by atoms with van der Waals surface area (Å²) in [5.74, 6) is 6.37. The number of hydrogen-bond acceptors (Lipinski definition) is 7. The fourth-order valence-electron chi connectivity index (χ4n) is 1.21. The van der Waals surface area contributed by atoms with Crippen molar-refractivity contribution >= 4 is 11.6 Å². The van der Waals surface area contributed by atoms with Gasteiger partial charge in [-0.2, -0.15) is 0 Å². The standard InChI is InChI=1S/C10H13N7/c1-7-2-14-8(3-13-7)4-15-9-5-12-6-10(16-9)17-11/h2-3,5-6H,4,11H2,1H3,(H2,15,16,17). The molecule has 0 saturated heterocycles. The summed E-state index contributed by atoms with van der Waals surface area (Å²) in [5, 5.41) is 3.08. The van der Waals surface area contributed by atoms with Crippen molar-refractivity contribution in [3.8, 4) is 0 Å². The number of nitrogens with zero attached hydrogens (tertiary/aromatic N) is 4. The fraction of sp³-hybridized carbons (Fsp3) is 0.200. The highest BCUT2D eigenvalue weighted by Gasteiger charge is 1.98. The molecule has 2 heterocycles. The van der Waals surface area contributed by atoms with Gasteiger partial charge < -0.3 is 10.7 Å². The van der Waals surface area contributed by atoms with E-state index in [2.05, 4.69) is 30.7 Å². The molecule has 7 nitrogen and oxygen atoms in total. The first-order chi connectivity index (χ1) is 8.28. The largest absolute Gasteiger partial charge is 0.363 e. The molecule has 0 aromatic carbocycles. The Hall–Kier alpha value is -2.28. The minimum Gasteiger partial charge on any atom is -0.363 e. The predicted molar refractivity (Wildman–Crippen MR) is 63.9 cm³/mol. The van der Waals surface area contributed by atoms with Crippen LogP contribution < -0.4 is 16.6 Å². The highest BCUT2D eigenvalue weighted by molar-refractivity contribution is 5.40. The summed E-state index contributed by atoms with van der Waals surface area (Å²) >= 11 is 0. The average molecular weight is 231 g/mol. The summed E-state index contributed by atoms with van der Waals surface area (Å²) < 4.78 is 0. The summed E-state index contributed by atoms with van der Waals surface area (Å²) in [6, 6.07) is 0. The fourth-order valence-corrected chi connectivity index (χ4v) is 1.21. The first-order valence-electron chi connectivity index (χ1n) is 5.08. The van der Waals surface area contributed by atoms with Crippen LogP contribution in [0.1, 0.15) is 11.4 Å². The Bertz CT molecular complexity index is 482. The zero-order valence-corrected chi connectivity index (χ0v) is 9.38. The zero-order valence-electron chi connectivity index (χ0n) is 9.38. The molecule has 88 valence electrons. The van der Waals surface area contributed by atoms with Crippen LogP contribution in [0.15, 0.2) is 24.8 Å². The lowest BCUT2D eigenvalue weighted by atomic mass is 10.4. The van der Waals surface area contributed by atoms with E-state index >= 15 is 0 Å². The number of hydrazine groups is 1. The summed E-state index contributed by atoms with van der Waals surface area (Å²) in [7, 11) is 0. The van der Waals surface area contributed by atoms with Crippen LogP contribution in [0.4, 0.5) is 11.6 Å². The Morgan fingerprint density at radius 2 is 1.94 bits per heavy atom. The molecule has 0 aliphatic heterocycles. The van der Waals surface area contributed by atoms with E-state index in [1.165, 1.54) is 6.20 Å². The quantitative estimate of drug-likeness (QED) is 0.519. The monoisotopic (exact) mass is 231 g/mol. The smallest absolute Gasteiger partial charge is 0.160 e. The van der Waals surface area contributed by atoms with E-state index in [1.54, 1.807) is 18.6 Å². The lowest BCUT2D eigenvalue weighted by Gasteiger charge is -2.05. The lowest BCUT2D eigenvalue weighted by molar-refractivity contribution is 0.972. The highest BCUT2D eigenvalue weighted by atomic mass is 15.3. The van der Waals surface area contributed by atoms with Gasteiger partial charge in [0, 0.05) is 6.20 Å². The van der Waals surface area contributed by atoms with E-state index in [4.69, 9.17) is 5.84 Å². The molecule has 17 heavy (non-hydrogen) atoms. The van der Waals surface area contributed by atoms with Gasteiger partial charge in [-0.25, -0.2) is 10.8 Å². The lowest BCUT2D eigenvalue weighted by Crippen LogP contribution is -2.11. The maximum Gasteiger partial charge on any atom is 0.160 e. The minimum atomic E-state index is 0.505. The van der Waals surface area contributed by atoms with Gasteiger partial charge in [-0.15, -0.1) is 0 Å². The van der Waals surface area contributed by atoms with Gasteiger partial charge >= 0.3 is 0 Å². The summed E-state index contributed by atoms with van der Waals surface area (Å²) in [6.45, 7) is 2.43. The number of rotatable bonds is 4. The topological polar surface area (TPSA) is 102 Å². The van der Waals surface area contributed by atoms with Crippen molar-refractivity contribution in [2.75, 3.05) is 10.7 Å². The van der Waals surface area contributed by atoms with Crippen molar-refractivity contribution in [3.63, 3.8) is 0 Å². The van der Waals surface area contributed by atoms with E-state index < -0.39 is 0 Å². The Balaban J connectivity index is 1.99. The molecular weight excluding hydrogens is 218 g/mol. The Morgan fingerprint density at radius 1 is 1.12 bits per heavy atom. The molecule has 0 amide bonds. The van der Waals surface area contributed by atoms with Gasteiger partial charge in [0.05, 0.1) is 36.5 Å². The third-order valence-electron chi connectivity index (χ3n) is 2.07. The van der Waals surface area contributed by atoms with Crippen molar-refractivity contribution in [3.05, 3.63) is 36.2 Å². The van der Waals surface area contributed by atoms with Gasteiger partial charge in [-0.3, -0.25) is 15.0 Å². The number of nitrogen functional groups attached to an aromatic ring is 1. The van der Waals surface area contributed by atoms with Crippen molar-refractivity contribution in [1.29, 1.82) is 0 Å². The number of aromatic nitrogens is 4. The van der Waals surface area contributed by atoms with Gasteiger partial charge in [0.2, 0.25) is 0 Å². The predicted octanol–water partition coefficient (Wildman–Crippen LogP) is 0.473. The zero-order chi connectivity index (χ0) is 12.1. The molecule has 0 aliphatic carbocycles. The van der Waals surface area contributed by atoms with Crippen LogP contribution in [-0.2, 0) is 6.54 Å². The van der Waals surface area contributed by atoms with E-state index in [1.807, 2.05) is 6.92 Å². The summed E-state index contributed by atoms with van der Waals surface area (Å²) in [5.41, 5.74) is 4.16. The number of aryl methyl sites for hydroxylation is 1. The number of nitrogens with two attached hydrogens (primary N) is 1. The second kappa shape index (κ2) is 5.17. The molecule has 2 rings (SSSR count). The van der Waals surface area contributed by atoms with Crippen LogP contribution in [0.25, 0.3) is 0 Å². The SMILES string of the molecule is Cc1cnc(CNc2cncc(NN)n2)cn1. The van der Waals surface area contributed by atoms with E-state index in [-0.39, 0.29) is 0 Å². The van der Waals surface area contributed by atoms with Crippen LogP contribution in [0, 0.1) is 6.92 Å². The number of nitrogens with one attached hydrogen (secondary N) is 2. The number of anilines is 2. The van der Waals surface area contributed by atoms with Crippen LogP contribution in [0.5, 0.6) is 0 Å². The maximum absolute atomic E-state index is 5.24. The molecule has 2 aromatic heterocycles. The average Bonchev–Trinajstić information content (AvgIpc) is 2.38. The van der Waals surface area contributed by atoms with Crippen LogP contribution in [-0.4, -0.2) is 19.9 Å². The third kappa shape index (κ3) is 3.08. The van der Waals surface area contributed by atoms with E-state index in [9.17, 15) is 0 Å². The molecule has 0 aliphatic rings. The van der Waals surface area contributed by atoms with Gasteiger partial charge in [0.15, 0.2) is 5.82 Å². The summed E-state index contributed by atoms with van der Waals surface area (Å²) in [6.07, 6.45) is 6.60. The number of hydrogen-bond donors (Lipinski definition) is 3. The van der Waals surface area contributed by atoms with Gasteiger partial charge in [0.1, 0.15) is 5.82 Å². The van der Waals surface area contributed by atoms with Crippen LogP contribution >= 0.6 is 0 Å². The molecular formula is C10H13N7.